The lowest BCUT2D eigenvalue weighted by Gasteiger charge is -2.18. The van der Waals surface area contributed by atoms with E-state index in [4.69, 9.17) is 9.68 Å². The highest BCUT2D eigenvalue weighted by atomic mass is 16.7. The molecule has 0 aliphatic carbocycles. The summed E-state index contributed by atoms with van der Waals surface area (Å²) >= 11 is 0. The van der Waals surface area contributed by atoms with Crippen molar-refractivity contribution in [2.24, 2.45) is 10.3 Å². The molecule has 0 N–H and O–H groups in total. The van der Waals surface area contributed by atoms with Crippen molar-refractivity contribution in [3.05, 3.63) is 82.9 Å². The smallest absolute Gasteiger partial charge is 0.340 e. The Morgan fingerprint density at radius 3 is 2.56 bits per heavy atom. The van der Waals surface area contributed by atoms with Crippen LogP contribution >= 0.6 is 0 Å². The van der Waals surface area contributed by atoms with Gasteiger partial charge in [0.1, 0.15) is 0 Å². The predicted molar refractivity (Wildman–Crippen MR) is 131 cm³/mol. The molecule has 3 aromatic carbocycles. The molecule has 170 valence electrons. The Bertz CT molecular complexity index is 1530. The molecule has 0 saturated heterocycles. The van der Waals surface area contributed by atoms with Crippen molar-refractivity contribution in [3.63, 3.8) is 0 Å². The maximum atomic E-state index is 12.6. The molecule has 0 fully saturated rings. The zero-order valence-electron chi connectivity index (χ0n) is 19.2. The van der Waals surface area contributed by atoms with Crippen molar-refractivity contribution >= 4 is 45.2 Å². The molecule has 0 spiro atoms. The van der Waals surface area contributed by atoms with Crippen LogP contribution in [0.2, 0.25) is 0 Å². The van der Waals surface area contributed by atoms with Crippen LogP contribution < -0.4 is 0 Å². The Morgan fingerprint density at radius 2 is 1.76 bits per heavy atom. The fourth-order valence-corrected chi connectivity index (χ4v) is 4.43. The summed E-state index contributed by atoms with van der Waals surface area (Å²) in [6.07, 6.45) is 0.644. The van der Waals surface area contributed by atoms with Gasteiger partial charge in [-0.15, -0.1) is 0 Å². The first-order chi connectivity index (χ1) is 16.4. The monoisotopic (exact) mass is 453 g/mol. The number of para-hydroxylation sites is 1. The van der Waals surface area contributed by atoms with Crippen LogP contribution in [0.1, 0.15) is 47.3 Å². The number of rotatable bonds is 4. The largest absolute Gasteiger partial charge is 0.366 e. The zero-order valence-corrected chi connectivity index (χ0v) is 19.2. The molecule has 0 saturated carbocycles. The van der Waals surface area contributed by atoms with Crippen LogP contribution in [0, 0.1) is 6.92 Å². The molecule has 34 heavy (non-hydrogen) atoms. The number of carbonyl (C=O) groups excluding carboxylic acids is 2. The lowest BCUT2D eigenvalue weighted by Crippen LogP contribution is -2.16. The highest BCUT2D eigenvalue weighted by Gasteiger charge is 2.23. The number of carbonyl (C=O) groups is 2. The minimum absolute atomic E-state index is 0.456. The summed E-state index contributed by atoms with van der Waals surface area (Å²) in [5.41, 5.74) is 6.70. The average Bonchev–Trinajstić information content (AvgIpc) is 3.16. The first kappa shape index (κ1) is 21.6. The van der Waals surface area contributed by atoms with Gasteiger partial charge in [-0.3, -0.25) is 0 Å². The van der Waals surface area contributed by atoms with E-state index < -0.39 is 11.9 Å². The van der Waals surface area contributed by atoms with Gasteiger partial charge in [-0.25, -0.2) is 9.59 Å². The predicted octanol–water partition coefficient (Wildman–Crippen LogP) is 5.35. The molecule has 1 aliphatic rings. The lowest BCUT2D eigenvalue weighted by atomic mass is 10.0. The molecule has 4 aromatic rings. The fourth-order valence-electron chi connectivity index (χ4n) is 4.43. The summed E-state index contributed by atoms with van der Waals surface area (Å²) in [6, 6.07) is 19.4. The van der Waals surface area contributed by atoms with E-state index in [9.17, 15) is 9.59 Å². The second-order valence-corrected chi connectivity index (χ2v) is 8.33. The van der Waals surface area contributed by atoms with Crippen molar-refractivity contribution in [1.82, 2.24) is 4.57 Å². The van der Waals surface area contributed by atoms with Gasteiger partial charge in [-0.05, 0) is 43.2 Å². The van der Waals surface area contributed by atoms with Crippen LogP contribution in [-0.4, -0.2) is 27.9 Å². The summed E-state index contributed by atoms with van der Waals surface area (Å²) in [5, 5.41) is 10.3. The number of benzene rings is 3. The first-order valence-corrected chi connectivity index (χ1v) is 11.1. The van der Waals surface area contributed by atoms with Crippen LogP contribution in [0.25, 0.3) is 21.8 Å². The van der Waals surface area contributed by atoms with E-state index in [1.165, 1.54) is 6.92 Å². The number of hydrogen-bond donors (Lipinski definition) is 0. The van der Waals surface area contributed by atoms with Gasteiger partial charge in [-0.1, -0.05) is 52.8 Å². The van der Waals surface area contributed by atoms with Crippen molar-refractivity contribution in [1.29, 1.82) is 0 Å². The highest BCUT2D eigenvalue weighted by Crippen LogP contribution is 2.35. The molecule has 0 bridgehead atoms. The quantitative estimate of drug-likeness (QED) is 0.237. The Kier molecular flexibility index (Phi) is 5.45. The number of nitrogens with zero attached hydrogens (tertiary/aromatic N) is 3. The molecule has 2 heterocycles. The van der Waals surface area contributed by atoms with E-state index in [0.29, 0.717) is 17.7 Å². The number of oxime groups is 2. The molecular formula is C27H23N3O4. The van der Waals surface area contributed by atoms with Crippen molar-refractivity contribution in [2.75, 3.05) is 0 Å². The van der Waals surface area contributed by atoms with Gasteiger partial charge in [0.15, 0.2) is 0 Å². The van der Waals surface area contributed by atoms with E-state index in [0.717, 1.165) is 50.8 Å². The normalized spacial score (nSPS) is 14.6. The molecule has 0 unspecified atom stereocenters. The lowest BCUT2D eigenvalue weighted by molar-refractivity contribution is -0.140. The molecule has 1 aromatic heterocycles. The van der Waals surface area contributed by atoms with Crippen LogP contribution in [0.4, 0.5) is 0 Å². The Morgan fingerprint density at radius 1 is 0.941 bits per heavy atom. The van der Waals surface area contributed by atoms with Gasteiger partial charge in [0, 0.05) is 41.7 Å². The van der Waals surface area contributed by atoms with Crippen molar-refractivity contribution in [2.45, 2.75) is 33.7 Å². The third-order valence-electron chi connectivity index (χ3n) is 6.10. The van der Waals surface area contributed by atoms with Gasteiger partial charge >= 0.3 is 11.9 Å². The van der Waals surface area contributed by atoms with Crippen LogP contribution in [0.5, 0.6) is 0 Å². The number of aryl methyl sites for hydroxylation is 2. The van der Waals surface area contributed by atoms with Crippen LogP contribution in [-0.2, 0) is 21.0 Å². The summed E-state index contributed by atoms with van der Waals surface area (Å²) in [6.45, 7) is 5.72. The summed E-state index contributed by atoms with van der Waals surface area (Å²) in [7, 11) is 0. The molecule has 5 rings (SSSR count). The summed E-state index contributed by atoms with van der Waals surface area (Å²) in [4.78, 5) is 33.8. The second-order valence-electron chi connectivity index (χ2n) is 8.33. The molecule has 1 aliphatic heterocycles. The van der Waals surface area contributed by atoms with Crippen molar-refractivity contribution < 1.29 is 19.3 Å². The number of aromatic nitrogens is 1. The second kappa shape index (κ2) is 8.59. The van der Waals surface area contributed by atoms with Crippen LogP contribution in [0.3, 0.4) is 0 Å². The van der Waals surface area contributed by atoms with Gasteiger partial charge in [0.05, 0.1) is 22.5 Å². The summed E-state index contributed by atoms with van der Waals surface area (Å²) < 4.78 is 2.27. The molecular weight excluding hydrogens is 430 g/mol. The molecule has 0 radical (unpaired) electrons. The van der Waals surface area contributed by atoms with E-state index in [1.807, 2.05) is 43.3 Å². The Hall–Kier alpha value is -4.26. The van der Waals surface area contributed by atoms with Gasteiger partial charge < -0.3 is 14.2 Å². The molecule has 0 atom stereocenters. The number of hydrogen-bond acceptors (Lipinski definition) is 6. The van der Waals surface area contributed by atoms with E-state index in [2.05, 4.69) is 33.1 Å². The van der Waals surface area contributed by atoms with Gasteiger partial charge in [0.25, 0.3) is 0 Å². The average molecular weight is 453 g/mol. The topological polar surface area (TPSA) is 82.2 Å². The third-order valence-corrected chi connectivity index (χ3v) is 6.10. The van der Waals surface area contributed by atoms with Gasteiger partial charge in [-0.2, -0.15) is 0 Å². The van der Waals surface area contributed by atoms with E-state index >= 15 is 0 Å². The Balaban J connectivity index is 1.55. The van der Waals surface area contributed by atoms with Gasteiger partial charge in [0.2, 0.25) is 0 Å². The van der Waals surface area contributed by atoms with Crippen LogP contribution in [0.15, 0.2) is 71.0 Å². The third kappa shape index (κ3) is 3.75. The van der Waals surface area contributed by atoms with E-state index in [1.54, 1.807) is 13.0 Å². The molecule has 7 nitrogen and oxygen atoms in total. The maximum Gasteiger partial charge on any atom is 0.366 e. The molecule has 0 amide bonds. The highest BCUT2D eigenvalue weighted by molar-refractivity contribution is 6.19. The standard InChI is InChI=1S/C27H23N3O4/c1-16-7-4-5-8-20(16)27(32)34-29-24-13-14-30-25-12-11-19(17(2)28-33-18(3)31)15-23(25)21-9-6-10-22(24)26(21)30/h4-12,15H,13-14H2,1-3H3/b28-17+,29-24+. The van der Waals surface area contributed by atoms with E-state index in [-0.39, 0.29) is 0 Å². The Labute approximate surface area is 196 Å². The summed E-state index contributed by atoms with van der Waals surface area (Å²) in [5.74, 6) is -0.918. The van der Waals surface area contributed by atoms with Crippen molar-refractivity contribution in [3.8, 4) is 0 Å². The first-order valence-electron chi connectivity index (χ1n) is 11.1. The SMILES string of the molecule is CC(=O)O/N=C(\C)c1ccc2c(c1)c1cccc3c1n2CC/C3=N\OC(=O)c1ccccc1C. The number of fused-ring (bicyclic) bond motifs is 3. The maximum absolute atomic E-state index is 12.6. The fraction of sp³-hybridized carbons (Fsp3) is 0.185. The molecule has 7 heteroatoms. The zero-order chi connectivity index (χ0) is 23.8. The minimum atomic E-state index is -0.462. The minimum Gasteiger partial charge on any atom is -0.340 e.